The van der Waals surface area contributed by atoms with Crippen molar-refractivity contribution in [1.29, 1.82) is 0 Å². The molecule has 0 radical (unpaired) electrons. The van der Waals surface area contributed by atoms with Crippen LogP contribution in [0.1, 0.15) is 31.0 Å². The Kier molecular flexibility index (Phi) is 5.24. The average molecular weight is 323 g/mol. The van der Waals surface area contributed by atoms with Crippen LogP contribution in [0.15, 0.2) is 4.52 Å². The first-order valence-corrected chi connectivity index (χ1v) is 8.23. The molecule has 2 fully saturated rings. The van der Waals surface area contributed by atoms with Gasteiger partial charge in [0.15, 0.2) is 5.82 Å². The Morgan fingerprint density at radius 3 is 3.09 bits per heavy atom. The van der Waals surface area contributed by atoms with E-state index >= 15 is 0 Å². The van der Waals surface area contributed by atoms with E-state index < -0.39 is 0 Å². The monoisotopic (exact) mass is 323 g/mol. The Labute approximate surface area is 135 Å². The Hall–Kier alpha value is -1.51. The van der Waals surface area contributed by atoms with Gasteiger partial charge in [-0.2, -0.15) is 4.98 Å². The maximum Gasteiger partial charge on any atom is 0.237 e. The maximum absolute atomic E-state index is 12.3. The largest absolute Gasteiger partial charge is 0.384 e. The van der Waals surface area contributed by atoms with Gasteiger partial charge in [0, 0.05) is 13.7 Å². The molecule has 1 atom stereocenters. The molecule has 3 rings (SSSR count). The zero-order valence-corrected chi connectivity index (χ0v) is 13.6. The van der Waals surface area contributed by atoms with Gasteiger partial charge in [-0.3, -0.25) is 4.79 Å². The van der Waals surface area contributed by atoms with Gasteiger partial charge in [0.2, 0.25) is 11.8 Å². The molecule has 0 saturated carbocycles. The van der Waals surface area contributed by atoms with Gasteiger partial charge in [-0.1, -0.05) is 5.16 Å². The van der Waals surface area contributed by atoms with Crippen molar-refractivity contribution < 1.29 is 14.1 Å². The van der Waals surface area contributed by atoms with E-state index in [1.165, 1.54) is 0 Å². The SMILES string of the molecule is COCCc1nc(CNC(=O)[C@H]2CC3(CCNCC3)CN2)no1. The summed E-state index contributed by atoms with van der Waals surface area (Å²) in [6.45, 7) is 3.85. The lowest BCUT2D eigenvalue weighted by atomic mass is 9.77. The molecule has 1 aromatic heterocycles. The van der Waals surface area contributed by atoms with Gasteiger partial charge in [0.1, 0.15) is 0 Å². The Balaban J connectivity index is 1.45. The van der Waals surface area contributed by atoms with E-state index in [0.29, 0.717) is 31.3 Å². The molecule has 2 aliphatic rings. The van der Waals surface area contributed by atoms with Crippen LogP contribution in [0.4, 0.5) is 0 Å². The van der Waals surface area contributed by atoms with Crippen molar-refractivity contribution in [1.82, 2.24) is 26.1 Å². The fourth-order valence-electron chi connectivity index (χ4n) is 3.38. The second-order valence-corrected chi connectivity index (χ2v) is 6.45. The van der Waals surface area contributed by atoms with Crippen molar-refractivity contribution in [2.24, 2.45) is 5.41 Å². The highest BCUT2D eigenvalue weighted by Crippen LogP contribution is 2.37. The molecule has 3 N–H and O–H groups in total. The topological polar surface area (TPSA) is 101 Å². The third-order valence-electron chi connectivity index (χ3n) is 4.79. The number of nitrogens with one attached hydrogen (secondary N) is 3. The van der Waals surface area contributed by atoms with Gasteiger partial charge in [0.05, 0.1) is 25.6 Å². The smallest absolute Gasteiger partial charge is 0.237 e. The molecule has 128 valence electrons. The first-order valence-electron chi connectivity index (χ1n) is 8.23. The number of rotatable bonds is 6. The van der Waals surface area contributed by atoms with E-state index in [1.807, 2.05) is 0 Å². The fraction of sp³-hybridized carbons (Fsp3) is 0.800. The number of hydrogen-bond donors (Lipinski definition) is 3. The predicted octanol–water partition coefficient (Wildman–Crippen LogP) is -0.394. The molecule has 2 aliphatic heterocycles. The second kappa shape index (κ2) is 7.37. The van der Waals surface area contributed by atoms with Gasteiger partial charge in [-0.25, -0.2) is 0 Å². The van der Waals surface area contributed by atoms with E-state index in [4.69, 9.17) is 9.26 Å². The van der Waals surface area contributed by atoms with E-state index in [2.05, 4.69) is 26.1 Å². The lowest BCUT2D eigenvalue weighted by Gasteiger charge is -2.33. The first kappa shape index (κ1) is 16.4. The summed E-state index contributed by atoms with van der Waals surface area (Å²) in [5.41, 5.74) is 0.284. The van der Waals surface area contributed by atoms with Gasteiger partial charge in [-0.05, 0) is 37.8 Å². The molecular weight excluding hydrogens is 298 g/mol. The molecule has 8 heteroatoms. The zero-order valence-electron chi connectivity index (χ0n) is 13.6. The number of amides is 1. The Morgan fingerprint density at radius 2 is 2.30 bits per heavy atom. The van der Waals surface area contributed by atoms with Crippen LogP contribution in [0.3, 0.4) is 0 Å². The van der Waals surface area contributed by atoms with Gasteiger partial charge in [0.25, 0.3) is 0 Å². The van der Waals surface area contributed by atoms with Crippen molar-refractivity contribution in [3.8, 4) is 0 Å². The van der Waals surface area contributed by atoms with E-state index in [0.717, 1.165) is 38.9 Å². The fourth-order valence-corrected chi connectivity index (χ4v) is 3.38. The highest BCUT2D eigenvalue weighted by Gasteiger charge is 2.42. The number of ether oxygens (including phenoxy) is 1. The highest BCUT2D eigenvalue weighted by molar-refractivity contribution is 5.82. The van der Waals surface area contributed by atoms with Crippen molar-refractivity contribution in [2.45, 2.75) is 38.3 Å². The first-order chi connectivity index (χ1) is 11.2. The van der Waals surface area contributed by atoms with Crippen LogP contribution in [0.2, 0.25) is 0 Å². The molecule has 8 nitrogen and oxygen atoms in total. The number of carbonyl (C=O) groups is 1. The number of carbonyl (C=O) groups excluding carboxylic acids is 1. The minimum absolute atomic E-state index is 0.0173. The zero-order chi connectivity index (χ0) is 16.1. The summed E-state index contributed by atoms with van der Waals surface area (Å²) in [5, 5.41) is 13.5. The molecule has 1 amide bonds. The van der Waals surface area contributed by atoms with Crippen LogP contribution in [0.5, 0.6) is 0 Å². The van der Waals surface area contributed by atoms with Crippen LogP contribution in [-0.4, -0.2) is 55.4 Å². The van der Waals surface area contributed by atoms with Crippen molar-refractivity contribution in [3.05, 3.63) is 11.7 Å². The van der Waals surface area contributed by atoms with Gasteiger partial charge in [-0.15, -0.1) is 0 Å². The van der Waals surface area contributed by atoms with Crippen LogP contribution in [0.25, 0.3) is 0 Å². The third kappa shape index (κ3) is 4.07. The molecule has 1 spiro atoms. The average Bonchev–Trinajstić information content (AvgIpc) is 3.19. The number of hydrogen-bond acceptors (Lipinski definition) is 7. The summed E-state index contributed by atoms with van der Waals surface area (Å²) < 4.78 is 10.1. The minimum atomic E-state index is -0.118. The molecule has 0 aromatic carbocycles. The highest BCUT2D eigenvalue weighted by atomic mass is 16.5. The Bertz CT molecular complexity index is 527. The molecule has 1 aromatic rings. The van der Waals surface area contributed by atoms with Gasteiger partial charge >= 0.3 is 0 Å². The second-order valence-electron chi connectivity index (χ2n) is 6.45. The number of methoxy groups -OCH3 is 1. The normalized spacial score (nSPS) is 23.3. The maximum atomic E-state index is 12.3. The summed E-state index contributed by atoms with van der Waals surface area (Å²) >= 11 is 0. The summed E-state index contributed by atoms with van der Waals surface area (Å²) in [6.07, 6.45) is 3.76. The van der Waals surface area contributed by atoms with E-state index in [-0.39, 0.29) is 17.4 Å². The molecule has 0 unspecified atom stereocenters. The lowest BCUT2D eigenvalue weighted by molar-refractivity contribution is -0.123. The lowest BCUT2D eigenvalue weighted by Crippen LogP contribution is -2.40. The quantitative estimate of drug-likeness (QED) is 0.655. The molecule has 23 heavy (non-hydrogen) atoms. The Morgan fingerprint density at radius 1 is 1.48 bits per heavy atom. The summed E-state index contributed by atoms with van der Waals surface area (Å²) in [5.74, 6) is 1.05. The van der Waals surface area contributed by atoms with Crippen molar-refractivity contribution in [3.63, 3.8) is 0 Å². The standard InChI is InChI=1S/C15H25N5O3/c1-22-7-2-13-19-12(20-23-13)9-17-14(21)11-8-15(10-18-11)3-5-16-6-4-15/h11,16,18H,2-10H2,1H3,(H,17,21)/t11-/m1/s1. The summed E-state index contributed by atoms with van der Waals surface area (Å²) in [4.78, 5) is 16.6. The van der Waals surface area contributed by atoms with E-state index in [1.54, 1.807) is 7.11 Å². The summed E-state index contributed by atoms with van der Waals surface area (Å²) in [6, 6.07) is -0.118. The van der Waals surface area contributed by atoms with Crippen LogP contribution < -0.4 is 16.0 Å². The van der Waals surface area contributed by atoms with E-state index in [9.17, 15) is 4.79 Å². The molecule has 0 bridgehead atoms. The molecule has 3 heterocycles. The number of nitrogens with zero attached hydrogens (tertiary/aromatic N) is 2. The molecular formula is C15H25N5O3. The van der Waals surface area contributed by atoms with Crippen LogP contribution in [-0.2, 0) is 22.5 Å². The third-order valence-corrected chi connectivity index (χ3v) is 4.79. The van der Waals surface area contributed by atoms with Crippen LogP contribution >= 0.6 is 0 Å². The number of piperidine rings is 1. The summed E-state index contributed by atoms with van der Waals surface area (Å²) in [7, 11) is 1.63. The molecule has 0 aliphatic carbocycles. The minimum Gasteiger partial charge on any atom is -0.384 e. The van der Waals surface area contributed by atoms with Crippen molar-refractivity contribution in [2.75, 3.05) is 33.4 Å². The number of aromatic nitrogens is 2. The van der Waals surface area contributed by atoms with Gasteiger partial charge < -0.3 is 25.2 Å². The van der Waals surface area contributed by atoms with Crippen molar-refractivity contribution >= 4 is 5.91 Å². The van der Waals surface area contributed by atoms with Crippen LogP contribution in [0, 0.1) is 5.41 Å². The predicted molar refractivity (Wildman–Crippen MR) is 82.7 cm³/mol. The molecule has 2 saturated heterocycles.